The van der Waals surface area contributed by atoms with Crippen molar-refractivity contribution in [1.29, 1.82) is 5.26 Å². The smallest absolute Gasteiger partial charge is 0.410 e. The van der Waals surface area contributed by atoms with Crippen LogP contribution < -0.4 is 4.74 Å². The van der Waals surface area contributed by atoms with Crippen molar-refractivity contribution in [2.24, 2.45) is 5.92 Å². The van der Waals surface area contributed by atoms with Crippen LogP contribution in [0.1, 0.15) is 45.6 Å². The van der Waals surface area contributed by atoms with Crippen LogP contribution in [-0.4, -0.2) is 41.3 Å². The molecule has 1 saturated heterocycles. The summed E-state index contributed by atoms with van der Waals surface area (Å²) in [6.07, 6.45) is 4.22. The molecule has 130 valence electrons. The number of carbonyl (C=O) groups is 1. The molecule has 1 unspecified atom stereocenters. The third-order valence-corrected chi connectivity index (χ3v) is 3.83. The summed E-state index contributed by atoms with van der Waals surface area (Å²) >= 11 is 0. The van der Waals surface area contributed by atoms with Crippen molar-refractivity contribution >= 4 is 6.09 Å². The molecule has 0 bridgehead atoms. The molecule has 1 aromatic heterocycles. The highest BCUT2D eigenvalue weighted by atomic mass is 16.6. The van der Waals surface area contributed by atoms with Crippen molar-refractivity contribution < 1.29 is 14.3 Å². The van der Waals surface area contributed by atoms with Gasteiger partial charge in [0.05, 0.1) is 6.61 Å². The van der Waals surface area contributed by atoms with Gasteiger partial charge in [-0.2, -0.15) is 5.26 Å². The number of hydrogen-bond donors (Lipinski definition) is 0. The fraction of sp³-hybridized carbons (Fsp3) is 0.611. The highest BCUT2D eigenvalue weighted by Crippen LogP contribution is 2.22. The maximum absolute atomic E-state index is 12.2. The van der Waals surface area contributed by atoms with Gasteiger partial charge in [0.25, 0.3) is 0 Å². The van der Waals surface area contributed by atoms with E-state index in [1.54, 1.807) is 23.2 Å². The fourth-order valence-corrected chi connectivity index (χ4v) is 2.71. The van der Waals surface area contributed by atoms with Gasteiger partial charge >= 0.3 is 6.09 Å². The number of carbonyl (C=O) groups excluding carboxylic acids is 1. The maximum Gasteiger partial charge on any atom is 0.410 e. The van der Waals surface area contributed by atoms with Gasteiger partial charge in [0, 0.05) is 19.3 Å². The van der Waals surface area contributed by atoms with Crippen molar-refractivity contribution in [3.05, 3.63) is 23.9 Å². The number of ether oxygens (including phenoxy) is 2. The Hall–Kier alpha value is -2.29. The lowest BCUT2D eigenvalue weighted by Crippen LogP contribution is -2.43. The molecule has 0 spiro atoms. The SMILES string of the molecule is CC(C)(C)OC(=O)N1CCCC(CCOc2ncccc2C#N)C1. The number of piperidine rings is 1. The number of amides is 1. The zero-order chi connectivity index (χ0) is 17.6. The summed E-state index contributed by atoms with van der Waals surface area (Å²) in [6.45, 7) is 7.54. The molecule has 0 N–H and O–H groups in total. The van der Waals surface area contributed by atoms with E-state index in [4.69, 9.17) is 14.7 Å². The first kappa shape index (κ1) is 18.1. The molecule has 0 radical (unpaired) electrons. The Kier molecular flexibility index (Phi) is 6.02. The molecule has 0 saturated carbocycles. The zero-order valence-electron chi connectivity index (χ0n) is 14.6. The number of rotatable bonds is 4. The van der Waals surface area contributed by atoms with E-state index in [-0.39, 0.29) is 6.09 Å². The largest absolute Gasteiger partial charge is 0.477 e. The van der Waals surface area contributed by atoms with Crippen LogP contribution in [0, 0.1) is 17.2 Å². The van der Waals surface area contributed by atoms with Crippen LogP contribution in [-0.2, 0) is 4.74 Å². The molecule has 2 heterocycles. The number of nitriles is 1. The molecule has 1 aromatic rings. The van der Waals surface area contributed by atoms with E-state index >= 15 is 0 Å². The van der Waals surface area contributed by atoms with Crippen LogP contribution in [0.5, 0.6) is 5.88 Å². The van der Waals surface area contributed by atoms with E-state index in [0.717, 1.165) is 25.8 Å². The standard InChI is InChI=1S/C18H25N3O3/c1-18(2,3)24-17(22)21-10-5-6-14(13-21)8-11-23-16-15(12-19)7-4-9-20-16/h4,7,9,14H,5-6,8,10-11,13H2,1-3H3. The summed E-state index contributed by atoms with van der Waals surface area (Å²) in [5.41, 5.74) is -0.0312. The van der Waals surface area contributed by atoms with Gasteiger partial charge in [0.2, 0.25) is 5.88 Å². The van der Waals surface area contributed by atoms with Gasteiger partial charge in [-0.1, -0.05) is 0 Å². The van der Waals surface area contributed by atoms with Crippen molar-refractivity contribution in [3.63, 3.8) is 0 Å². The highest BCUT2D eigenvalue weighted by Gasteiger charge is 2.27. The van der Waals surface area contributed by atoms with E-state index < -0.39 is 5.60 Å². The predicted molar refractivity (Wildman–Crippen MR) is 89.6 cm³/mol. The second-order valence-electron chi connectivity index (χ2n) is 7.04. The Morgan fingerprint density at radius 3 is 3.00 bits per heavy atom. The van der Waals surface area contributed by atoms with Crippen LogP contribution in [0.4, 0.5) is 4.79 Å². The molecule has 0 aromatic carbocycles. The Bertz CT molecular complexity index is 604. The lowest BCUT2D eigenvalue weighted by Gasteiger charge is -2.34. The second-order valence-corrected chi connectivity index (χ2v) is 7.04. The molecule has 6 heteroatoms. The average Bonchev–Trinajstić information content (AvgIpc) is 2.54. The Balaban J connectivity index is 1.81. The number of pyridine rings is 1. The van der Waals surface area contributed by atoms with Gasteiger partial charge in [-0.3, -0.25) is 0 Å². The number of nitrogens with zero attached hydrogens (tertiary/aromatic N) is 3. The van der Waals surface area contributed by atoms with Gasteiger partial charge < -0.3 is 14.4 Å². The second kappa shape index (κ2) is 8.00. The summed E-state index contributed by atoms with van der Waals surface area (Å²) in [4.78, 5) is 18.0. The van der Waals surface area contributed by atoms with E-state index in [2.05, 4.69) is 11.1 Å². The molecule has 24 heavy (non-hydrogen) atoms. The van der Waals surface area contributed by atoms with Crippen LogP contribution in [0.2, 0.25) is 0 Å². The minimum absolute atomic E-state index is 0.246. The first-order valence-corrected chi connectivity index (χ1v) is 8.35. The minimum Gasteiger partial charge on any atom is -0.477 e. The molecule has 0 aliphatic carbocycles. The summed E-state index contributed by atoms with van der Waals surface area (Å²) in [7, 11) is 0. The number of aromatic nitrogens is 1. The monoisotopic (exact) mass is 331 g/mol. The van der Waals surface area contributed by atoms with Gasteiger partial charge in [-0.25, -0.2) is 9.78 Å². The van der Waals surface area contributed by atoms with Crippen molar-refractivity contribution in [3.8, 4) is 11.9 Å². The maximum atomic E-state index is 12.2. The molecular weight excluding hydrogens is 306 g/mol. The molecule has 1 aliphatic heterocycles. The summed E-state index contributed by atoms with van der Waals surface area (Å²) in [5.74, 6) is 0.750. The Morgan fingerprint density at radius 1 is 1.50 bits per heavy atom. The normalized spacial score (nSPS) is 17.9. The quantitative estimate of drug-likeness (QED) is 0.845. The first-order chi connectivity index (χ1) is 11.4. The topological polar surface area (TPSA) is 75.4 Å². The molecule has 1 amide bonds. The van der Waals surface area contributed by atoms with Crippen LogP contribution in [0.15, 0.2) is 18.3 Å². The van der Waals surface area contributed by atoms with Gasteiger partial charge in [-0.05, 0) is 58.1 Å². The molecule has 1 atom stereocenters. The van der Waals surface area contributed by atoms with Crippen LogP contribution >= 0.6 is 0 Å². The lowest BCUT2D eigenvalue weighted by atomic mass is 9.95. The minimum atomic E-state index is -0.472. The molecule has 2 rings (SSSR count). The number of likely N-dealkylation sites (tertiary alicyclic amines) is 1. The molecular formula is C18H25N3O3. The average molecular weight is 331 g/mol. The summed E-state index contributed by atoms with van der Waals surface area (Å²) in [6, 6.07) is 5.47. The van der Waals surface area contributed by atoms with Crippen molar-refractivity contribution in [2.45, 2.75) is 45.6 Å². The van der Waals surface area contributed by atoms with E-state index in [0.29, 0.717) is 30.5 Å². The van der Waals surface area contributed by atoms with Crippen molar-refractivity contribution in [2.75, 3.05) is 19.7 Å². The summed E-state index contributed by atoms with van der Waals surface area (Å²) < 4.78 is 11.1. The molecule has 6 nitrogen and oxygen atoms in total. The number of hydrogen-bond acceptors (Lipinski definition) is 5. The third kappa shape index (κ3) is 5.41. The molecule has 1 fully saturated rings. The van der Waals surface area contributed by atoms with Gasteiger partial charge in [0.1, 0.15) is 17.2 Å². The Labute approximate surface area is 143 Å². The predicted octanol–water partition coefficient (Wildman–Crippen LogP) is 3.37. The van der Waals surface area contributed by atoms with Crippen LogP contribution in [0.3, 0.4) is 0 Å². The zero-order valence-corrected chi connectivity index (χ0v) is 14.6. The van der Waals surface area contributed by atoms with Gasteiger partial charge in [0.15, 0.2) is 0 Å². The van der Waals surface area contributed by atoms with E-state index in [1.807, 2.05) is 20.8 Å². The van der Waals surface area contributed by atoms with Gasteiger partial charge in [-0.15, -0.1) is 0 Å². The molecule has 1 aliphatic rings. The third-order valence-electron chi connectivity index (χ3n) is 3.83. The highest BCUT2D eigenvalue weighted by molar-refractivity contribution is 5.68. The van der Waals surface area contributed by atoms with Crippen molar-refractivity contribution in [1.82, 2.24) is 9.88 Å². The van der Waals surface area contributed by atoms with Crippen LogP contribution in [0.25, 0.3) is 0 Å². The van der Waals surface area contributed by atoms with E-state index in [1.165, 1.54) is 0 Å². The fourth-order valence-electron chi connectivity index (χ4n) is 2.71. The summed E-state index contributed by atoms with van der Waals surface area (Å²) in [5, 5.41) is 9.03. The Morgan fingerprint density at radius 2 is 2.29 bits per heavy atom. The van der Waals surface area contributed by atoms with E-state index in [9.17, 15) is 4.79 Å². The lowest BCUT2D eigenvalue weighted by molar-refractivity contribution is 0.0154. The first-order valence-electron chi connectivity index (χ1n) is 8.35.